The molecule has 5 fully saturated rings. The summed E-state index contributed by atoms with van der Waals surface area (Å²) in [6.45, 7) is 0.789. The highest BCUT2D eigenvalue weighted by atomic mass is 32.1. The van der Waals surface area contributed by atoms with Gasteiger partial charge in [0.05, 0.1) is 12.0 Å². The van der Waals surface area contributed by atoms with Crippen molar-refractivity contribution in [1.82, 2.24) is 5.32 Å². The van der Waals surface area contributed by atoms with E-state index in [-0.39, 0.29) is 11.3 Å². The standard InChI is InChI=1S/C26H36N2O2S/c29-24(26-15-19-12-20(16-26)14-21(13-19)17-26)28-25(31)27-22-6-8-23(9-7-22)30-11-10-18-4-2-1-3-5-18/h6-9,18-21H,1-5,10-17H2,(H2,27,28,29,31). The third-order valence-corrected chi connectivity index (χ3v) is 8.58. The molecule has 1 amide bonds. The molecule has 0 aromatic heterocycles. The molecule has 0 unspecified atom stereocenters. The summed E-state index contributed by atoms with van der Waals surface area (Å²) in [5, 5.41) is 6.61. The molecule has 5 aliphatic rings. The first-order chi connectivity index (χ1) is 15.1. The van der Waals surface area contributed by atoms with Gasteiger partial charge < -0.3 is 15.4 Å². The third kappa shape index (κ3) is 4.92. The van der Waals surface area contributed by atoms with E-state index in [0.29, 0.717) is 5.11 Å². The van der Waals surface area contributed by atoms with Crippen LogP contribution in [0.1, 0.15) is 77.0 Å². The van der Waals surface area contributed by atoms with E-state index >= 15 is 0 Å². The number of carbonyl (C=O) groups is 1. The van der Waals surface area contributed by atoms with Crippen LogP contribution >= 0.6 is 12.2 Å². The number of thiocarbonyl (C=S) groups is 1. The topological polar surface area (TPSA) is 50.4 Å². The maximum atomic E-state index is 13.1. The molecule has 2 N–H and O–H groups in total. The fraction of sp³-hybridized carbons (Fsp3) is 0.692. The Hall–Kier alpha value is -1.62. The van der Waals surface area contributed by atoms with Crippen LogP contribution in [0.4, 0.5) is 5.69 Å². The molecule has 31 heavy (non-hydrogen) atoms. The number of hydrogen-bond acceptors (Lipinski definition) is 3. The number of ether oxygens (including phenoxy) is 1. The molecule has 4 bridgehead atoms. The van der Waals surface area contributed by atoms with Crippen LogP contribution in [-0.4, -0.2) is 17.6 Å². The average Bonchev–Trinajstić information content (AvgIpc) is 2.75. The van der Waals surface area contributed by atoms with Crippen molar-refractivity contribution >= 4 is 28.9 Å². The summed E-state index contributed by atoms with van der Waals surface area (Å²) in [5.74, 6) is 4.14. The summed E-state index contributed by atoms with van der Waals surface area (Å²) in [5.41, 5.74) is 0.715. The molecule has 5 aliphatic carbocycles. The van der Waals surface area contributed by atoms with E-state index in [1.807, 2.05) is 24.3 Å². The Labute approximate surface area is 191 Å². The van der Waals surface area contributed by atoms with Crippen LogP contribution in [0.15, 0.2) is 24.3 Å². The Kier molecular flexibility index (Phi) is 6.23. The molecule has 5 heteroatoms. The normalized spacial score (nSPS) is 31.9. The van der Waals surface area contributed by atoms with Gasteiger partial charge in [-0.2, -0.15) is 0 Å². The minimum absolute atomic E-state index is 0.145. The maximum Gasteiger partial charge on any atom is 0.232 e. The first-order valence-electron chi connectivity index (χ1n) is 12.4. The van der Waals surface area contributed by atoms with E-state index in [2.05, 4.69) is 10.6 Å². The molecular weight excluding hydrogens is 404 g/mol. The van der Waals surface area contributed by atoms with Crippen molar-refractivity contribution in [2.45, 2.75) is 77.0 Å². The molecule has 168 valence electrons. The van der Waals surface area contributed by atoms with Crippen molar-refractivity contribution in [3.8, 4) is 5.75 Å². The van der Waals surface area contributed by atoms with Gasteiger partial charge >= 0.3 is 0 Å². The van der Waals surface area contributed by atoms with E-state index in [1.54, 1.807) is 0 Å². The van der Waals surface area contributed by atoms with E-state index in [1.165, 1.54) is 51.4 Å². The zero-order chi connectivity index (χ0) is 21.3. The molecule has 0 atom stereocenters. The van der Waals surface area contributed by atoms with E-state index in [9.17, 15) is 4.79 Å². The lowest BCUT2D eigenvalue weighted by Crippen LogP contribution is -2.55. The number of nitrogens with one attached hydrogen (secondary N) is 2. The fourth-order valence-electron chi connectivity index (χ4n) is 7.24. The Bertz CT molecular complexity index is 765. The second-order valence-electron chi connectivity index (χ2n) is 10.8. The lowest BCUT2D eigenvalue weighted by atomic mass is 9.49. The lowest BCUT2D eigenvalue weighted by Gasteiger charge is -2.55. The molecule has 0 heterocycles. The minimum atomic E-state index is -0.170. The van der Waals surface area contributed by atoms with Crippen molar-refractivity contribution in [1.29, 1.82) is 0 Å². The van der Waals surface area contributed by atoms with Gasteiger partial charge in [0.2, 0.25) is 5.91 Å². The fourth-order valence-corrected chi connectivity index (χ4v) is 7.45. The minimum Gasteiger partial charge on any atom is -0.494 e. The van der Waals surface area contributed by atoms with Crippen LogP contribution in [0.3, 0.4) is 0 Å². The molecule has 6 rings (SSSR count). The smallest absolute Gasteiger partial charge is 0.232 e. The summed E-state index contributed by atoms with van der Waals surface area (Å²) >= 11 is 5.47. The highest BCUT2D eigenvalue weighted by Crippen LogP contribution is 2.60. The van der Waals surface area contributed by atoms with Gasteiger partial charge in [-0.1, -0.05) is 32.1 Å². The van der Waals surface area contributed by atoms with Crippen LogP contribution in [0.5, 0.6) is 5.75 Å². The van der Waals surface area contributed by atoms with Crippen LogP contribution < -0.4 is 15.4 Å². The summed E-state index contributed by atoms with van der Waals surface area (Å²) < 4.78 is 5.94. The second kappa shape index (κ2) is 9.09. The zero-order valence-corrected chi connectivity index (χ0v) is 19.4. The summed E-state index contributed by atoms with van der Waals surface area (Å²) in [4.78, 5) is 13.1. The van der Waals surface area contributed by atoms with Gasteiger partial charge in [-0.05, 0) is 105 Å². The first kappa shape index (κ1) is 21.2. The highest BCUT2D eigenvalue weighted by molar-refractivity contribution is 7.80. The Morgan fingerprint density at radius 2 is 1.58 bits per heavy atom. The van der Waals surface area contributed by atoms with Crippen LogP contribution in [0.25, 0.3) is 0 Å². The third-order valence-electron chi connectivity index (χ3n) is 8.38. The van der Waals surface area contributed by atoms with Crippen molar-refractivity contribution in [2.24, 2.45) is 29.1 Å². The van der Waals surface area contributed by atoms with Crippen LogP contribution in [0.2, 0.25) is 0 Å². The molecule has 0 saturated heterocycles. The van der Waals surface area contributed by atoms with Gasteiger partial charge in [-0.25, -0.2) is 0 Å². The quantitative estimate of drug-likeness (QED) is 0.528. The lowest BCUT2D eigenvalue weighted by molar-refractivity contribution is -0.144. The predicted octanol–water partition coefficient (Wildman–Crippen LogP) is 6.07. The van der Waals surface area contributed by atoms with Gasteiger partial charge in [0.15, 0.2) is 5.11 Å². The van der Waals surface area contributed by atoms with E-state index in [4.69, 9.17) is 17.0 Å². The second-order valence-corrected chi connectivity index (χ2v) is 11.2. The van der Waals surface area contributed by atoms with Gasteiger partial charge in [0, 0.05) is 5.69 Å². The Morgan fingerprint density at radius 1 is 0.968 bits per heavy atom. The van der Waals surface area contributed by atoms with Crippen molar-refractivity contribution in [3.05, 3.63) is 24.3 Å². The number of amides is 1. The number of carbonyl (C=O) groups excluding carboxylic acids is 1. The SMILES string of the molecule is O=C(NC(=S)Nc1ccc(OCCC2CCCCC2)cc1)C12CC3CC(CC(C3)C1)C2. The zero-order valence-electron chi connectivity index (χ0n) is 18.5. The average molecular weight is 441 g/mol. The summed E-state index contributed by atoms with van der Waals surface area (Å²) in [6, 6.07) is 7.90. The first-order valence-corrected chi connectivity index (χ1v) is 12.8. The molecule has 4 nitrogen and oxygen atoms in total. The largest absolute Gasteiger partial charge is 0.494 e. The predicted molar refractivity (Wildman–Crippen MR) is 128 cm³/mol. The van der Waals surface area contributed by atoms with Crippen LogP contribution in [0, 0.1) is 29.1 Å². The number of benzene rings is 1. The Morgan fingerprint density at radius 3 is 2.19 bits per heavy atom. The highest BCUT2D eigenvalue weighted by Gasteiger charge is 2.54. The van der Waals surface area contributed by atoms with Gasteiger partial charge in [-0.3, -0.25) is 4.79 Å². The van der Waals surface area contributed by atoms with Gasteiger partial charge in [0.25, 0.3) is 0 Å². The molecule has 0 radical (unpaired) electrons. The molecule has 5 saturated carbocycles. The molecule has 1 aromatic rings. The van der Waals surface area contributed by atoms with Gasteiger partial charge in [0.1, 0.15) is 5.75 Å². The summed E-state index contributed by atoms with van der Waals surface area (Å²) in [6.07, 6.45) is 15.2. The Balaban J connectivity index is 1.08. The number of hydrogen-bond donors (Lipinski definition) is 2. The molecule has 1 aromatic carbocycles. The maximum absolute atomic E-state index is 13.1. The van der Waals surface area contributed by atoms with Gasteiger partial charge in [-0.15, -0.1) is 0 Å². The van der Waals surface area contributed by atoms with Crippen molar-refractivity contribution in [3.63, 3.8) is 0 Å². The van der Waals surface area contributed by atoms with Crippen molar-refractivity contribution in [2.75, 3.05) is 11.9 Å². The number of anilines is 1. The summed E-state index contributed by atoms with van der Waals surface area (Å²) in [7, 11) is 0. The van der Waals surface area contributed by atoms with E-state index < -0.39 is 0 Å². The molecular formula is C26H36N2O2S. The monoisotopic (exact) mass is 440 g/mol. The molecule has 0 spiro atoms. The molecule has 0 aliphatic heterocycles. The van der Waals surface area contributed by atoms with Crippen molar-refractivity contribution < 1.29 is 9.53 Å². The number of rotatable bonds is 6. The van der Waals surface area contributed by atoms with Crippen LogP contribution in [-0.2, 0) is 4.79 Å². The van der Waals surface area contributed by atoms with E-state index in [0.717, 1.165) is 67.4 Å².